The minimum absolute atomic E-state index is 0.273. The van der Waals surface area contributed by atoms with Gasteiger partial charge in [-0.2, -0.15) is 0 Å². The molecule has 3 nitrogen and oxygen atoms in total. The topological polar surface area (TPSA) is 38.8 Å². The Kier molecular flexibility index (Phi) is 3.74. The molecule has 0 aliphatic carbocycles. The monoisotopic (exact) mass is 238 g/mol. The summed E-state index contributed by atoms with van der Waals surface area (Å²) in [5.41, 5.74) is 0.809. The van der Waals surface area contributed by atoms with Crippen molar-refractivity contribution in [1.29, 1.82) is 0 Å². The number of benzene rings is 1. The fourth-order valence-corrected chi connectivity index (χ4v) is 1.60. The fraction of sp³-hybridized carbons (Fsp3) is 0.462. The first-order valence-electron chi connectivity index (χ1n) is 5.80. The van der Waals surface area contributed by atoms with Gasteiger partial charge in [-0.1, -0.05) is 25.5 Å². The summed E-state index contributed by atoms with van der Waals surface area (Å²) in [5.74, 6) is -0.621. The number of carbonyl (C=O) groups is 1. The first-order valence-corrected chi connectivity index (χ1v) is 5.80. The van der Waals surface area contributed by atoms with Gasteiger partial charge >= 0.3 is 5.97 Å². The van der Waals surface area contributed by atoms with Crippen LogP contribution in [-0.2, 0) is 14.3 Å². The van der Waals surface area contributed by atoms with E-state index >= 15 is 0 Å². The van der Waals surface area contributed by atoms with Crippen molar-refractivity contribution < 1.29 is 18.7 Å². The lowest BCUT2D eigenvalue weighted by atomic mass is 10.1. The van der Waals surface area contributed by atoms with Crippen LogP contribution in [0.4, 0.5) is 4.39 Å². The average molecular weight is 238 g/mol. The van der Waals surface area contributed by atoms with Crippen LogP contribution in [0.3, 0.4) is 0 Å². The summed E-state index contributed by atoms with van der Waals surface area (Å²) in [6.07, 6.45) is 1.06. The largest absolute Gasteiger partial charge is 0.464 e. The lowest BCUT2D eigenvalue weighted by Gasteiger charge is -2.00. The smallest absolute Gasteiger partial charge is 0.338 e. The van der Waals surface area contributed by atoms with Gasteiger partial charge in [0.05, 0.1) is 6.61 Å². The summed E-state index contributed by atoms with van der Waals surface area (Å²) < 4.78 is 23.0. The number of hydrogen-bond acceptors (Lipinski definition) is 3. The van der Waals surface area contributed by atoms with Gasteiger partial charge in [0.25, 0.3) is 0 Å². The molecule has 0 saturated carbocycles. The van der Waals surface area contributed by atoms with Gasteiger partial charge in [-0.15, -0.1) is 0 Å². The first kappa shape index (κ1) is 12.0. The molecule has 1 aromatic carbocycles. The highest BCUT2D eigenvalue weighted by atomic mass is 19.1. The summed E-state index contributed by atoms with van der Waals surface area (Å²) in [5, 5.41) is 0. The number of epoxide rings is 1. The predicted molar refractivity (Wildman–Crippen MR) is 59.9 cm³/mol. The quantitative estimate of drug-likeness (QED) is 0.449. The predicted octanol–water partition coefficient (Wildman–Crippen LogP) is 2.61. The molecule has 1 saturated heterocycles. The second kappa shape index (κ2) is 5.27. The lowest BCUT2D eigenvalue weighted by Crippen LogP contribution is -2.13. The Morgan fingerprint density at radius 2 is 2.12 bits per heavy atom. The number of rotatable bonds is 5. The molecule has 0 spiro atoms. The van der Waals surface area contributed by atoms with Crippen molar-refractivity contribution in [1.82, 2.24) is 0 Å². The van der Waals surface area contributed by atoms with Crippen molar-refractivity contribution >= 4 is 5.97 Å². The second-order valence-corrected chi connectivity index (χ2v) is 4.05. The maximum Gasteiger partial charge on any atom is 0.338 e. The van der Waals surface area contributed by atoms with Crippen LogP contribution in [0.5, 0.6) is 0 Å². The molecule has 0 radical (unpaired) electrons. The molecule has 1 fully saturated rings. The van der Waals surface area contributed by atoms with Gasteiger partial charge in [-0.25, -0.2) is 9.18 Å². The number of hydrogen-bond donors (Lipinski definition) is 0. The molecular formula is C13H15FO3. The van der Waals surface area contributed by atoms with Crippen molar-refractivity contribution in [2.24, 2.45) is 0 Å². The molecule has 0 bridgehead atoms. The zero-order valence-electron chi connectivity index (χ0n) is 9.69. The van der Waals surface area contributed by atoms with E-state index in [9.17, 15) is 9.18 Å². The summed E-state index contributed by atoms with van der Waals surface area (Å²) in [6.45, 7) is 2.47. The average Bonchev–Trinajstić information content (AvgIpc) is 3.10. The van der Waals surface area contributed by atoms with Crippen LogP contribution in [0.25, 0.3) is 0 Å². The molecule has 1 aromatic rings. The molecular weight excluding hydrogens is 223 g/mol. The summed E-state index contributed by atoms with van der Waals surface area (Å²) >= 11 is 0. The van der Waals surface area contributed by atoms with Crippen molar-refractivity contribution in [3.05, 3.63) is 35.6 Å². The Morgan fingerprint density at radius 3 is 2.76 bits per heavy atom. The summed E-state index contributed by atoms with van der Waals surface area (Å²) in [7, 11) is 0. The Balaban J connectivity index is 1.83. The van der Waals surface area contributed by atoms with Gasteiger partial charge in [0, 0.05) is 0 Å². The second-order valence-electron chi connectivity index (χ2n) is 4.05. The zero-order chi connectivity index (χ0) is 12.3. The third-order valence-corrected chi connectivity index (χ3v) is 2.66. The van der Waals surface area contributed by atoms with Crippen LogP contribution in [-0.4, -0.2) is 18.7 Å². The van der Waals surface area contributed by atoms with Crippen LogP contribution < -0.4 is 0 Å². The van der Waals surface area contributed by atoms with E-state index in [-0.39, 0.29) is 17.9 Å². The maximum atomic E-state index is 12.7. The van der Waals surface area contributed by atoms with Crippen molar-refractivity contribution in [2.45, 2.75) is 32.0 Å². The number of ether oxygens (including phenoxy) is 2. The van der Waals surface area contributed by atoms with E-state index in [0.29, 0.717) is 6.61 Å². The number of unbranched alkanes of at least 4 members (excludes halogenated alkanes) is 1. The number of halogens is 1. The molecule has 1 heterocycles. The Morgan fingerprint density at radius 1 is 1.41 bits per heavy atom. The van der Waals surface area contributed by atoms with Gasteiger partial charge in [0.2, 0.25) is 0 Å². The van der Waals surface area contributed by atoms with E-state index in [1.165, 1.54) is 12.1 Å². The van der Waals surface area contributed by atoms with Crippen molar-refractivity contribution in [3.8, 4) is 0 Å². The molecule has 0 N–H and O–H groups in total. The summed E-state index contributed by atoms with van der Waals surface area (Å²) in [4.78, 5) is 11.5. The van der Waals surface area contributed by atoms with E-state index in [2.05, 4.69) is 0 Å². The van der Waals surface area contributed by atoms with Crippen LogP contribution in [0.1, 0.15) is 31.4 Å². The highest BCUT2D eigenvalue weighted by molar-refractivity contribution is 5.78. The van der Waals surface area contributed by atoms with Crippen LogP contribution in [0.15, 0.2) is 24.3 Å². The van der Waals surface area contributed by atoms with Crippen LogP contribution >= 0.6 is 0 Å². The van der Waals surface area contributed by atoms with E-state index in [4.69, 9.17) is 9.47 Å². The normalized spacial score (nSPS) is 22.2. The van der Waals surface area contributed by atoms with Crippen molar-refractivity contribution in [3.63, 3.8) is 0 Å². The van der Waals surface area contributed by atoms with Gasteiger partial charge < -0.3 is 9.47 Å². The van der Waals surface area contributed by atoms with E-state index in [1.807, 2.05) is 6.92 Å². The minimum Gasteiger partial charge on any atom is -0.464 e. The highest BCUT2D eigenvalue weighted by Gasteiger charge is 2.47. The standard InChI is InChI=1S/C13H15FO3/c1-2-3-8-16-13(15)12-11(17-12)9-4-6-10(14)7-5-9/h4-7,11-12H,2-3,8H2,1H3/t11-,12+/m1/s1. The third-order valence-electron chi connectivity index (χ3n) is 2.66. The first-order chi connectivity index (χ1) is 8.22. The van der Waals surface area contributed by atoms with E-state index in [0.717, 1.165) is 18.4 Å². The highest BCUT2D eigenvalue weighted by Crippen LogP contribution is 2.39. The molecule has 2 atom stereocenters. The number of carbonyl (C=O) groups excluding carboxylic acids is 1. The van der Waals surface area contributed by atoms with Gasteiger partial charge in [-0.3, -0.25) is 0 Å². The van der Waals surface area contributed by atoms with Gasteiger partial charge in [-0.05, 0) is 24.1 Å². The molecule has 2 rings (SSSR count). The summed E-state index contributed by atoms with van der Waals surface area (Å²) in [6, 6.07) is 5.96. The molecule has 4 heteroatoms. The molecule has 92 valence electrons. The zero-order valence-corrected chi connectivity index (χ0v) is 9.69. The maximum absolute atomic E-state index is 12.7. The minimum atomic E-state index is -0.516. The van der Waals surface area contributed by atoms with Crippen molar-refractivity contribution in [2.75, 3.05) is 6.61 Å². The lowest BCUT2D eigenvalue weighted by molar-refractivity contribution is -0.145. The molecule has 1 aliphatic rings. The Labute approximate surface area is 99.5 Å². The Hall–Kier alpha value is -1.42. The molecule has 1 aliphatic heterocycles. The van der Waals surface area contributed by atoms with E-state index in [1.54, 1.807) is 12.1 Å². The van der Waals surface area contributed by atoms with Crippen LogP contribution in [0.2, 0.25) is 0 Å². The fourth-order valence-electron chi connectivity index (χ4n) is 1.60. The SMILES string of the molecule is CCCCOC(=O)[C@H]1O[C@@H]1c1ccc(F)cc1. The van der Waals surface area contributed by atoms with Gasteiger partial charge in [0.15, 0.2) is 6.10 Å². The Bertz CT molecular complexity index is 388. The van der Waals surface area contributed by atoms with Crippen LogP contribution in [0, 0.1) is 5.82 Å². The van der Waals surface area contributed by atoms with Gasteiger partial charge in [0.1, 0.15) is 11.9 Å². The third kappa shape index (κ3) is 3.03. The molecule has 0 unspecified atom stereocenters. The molecule has 0 amide bonds. The molecule has 17 heavy (non-hydrogen) atoms. The molecule has 0 aromatic heterocycles. The van der Waals surface area contributed by atoms with E-state index < -0.39 is 6.10 Å². The number of esters is 1.